The van der Waals surface area contributed by atoms with Gasteiger partial charge in [0.25, 0.3) is 5.91 Å². The van der Waals surface area contributed by atoms with E-state index in [1.807, 2.05) is 41.3 Å². The number of rotatable bonds is 7. The summed E-state index contributed by atoms with van der Waals surface area (Å²) in [5.74, 6) is 1.42. The van der Waals surface area contributed by atoms with Crippen molar-refractivity contribution < 1.29 is 14.3 Å². The summed E-state index contributed by atoms with van der Waals surface area (Å²) in [5.41, 5.74) is 0.676. The summed E-state index contributed by atoms with van der Waals surface area (Å²) in [6.45, 7) is 4.10. The number of likely N-dealkylation sites (tertiary alicyclic amines) is 1. The van der Waals surface area contributed by atoms with Crippen LogP contribution in [-0.2, 0) is 0 Å². The number of amides is 1. The van der Waals surface area contributed by atoms with Gasteiger partial charge in [0.1, 0.15) is 11.9 Å². The molecule has 0 aliphatic carbocycles. The second-order valence-corrected chi connectivity index (χ2v) is 7.24. The number of pyridine rings is 1. The number of hydrogen-bond donors (Lipinski definition) is 0. The van der Waals surface area contributed by atoms with Gasteiger partial charge < -0.3 is 14.4 Å². The lowest BCUT2D eigenvalue weighted by atomic mass is 10.2. The van der Waals surface area contributed by atoms with Crippen molar-refractivity contribution in [1.29, 1.82) is 0 Å². The van der Waals surface area contributed by atoms with Crippen molar-refractivity contribution >= 4 is 21.8 Å². The number of carbonyl (C=O) groups excluding carboxylic acids is 1. The third kappa shape index (κ3) is 4.97. The van der Waals surface area contributed by atoms with Gasteiger partial charge in [-0.05, 0) is 52.7 Å². The van der Waals surface area contributed by atoms with Crippen LogP contribution in [0.4, 0.5) is 0 Å². The number of carbonyl (C=O) groups is 1. The summed E-state index contributed by atoms with van der Waals surface area (Å²) < 4.78 is 12.4. The maximum atomic E-state index is 12.7. The van der Waals surface area contributed by atoms with Crippen LogP contribution in [0.15, 0.2) is 47.1 Å². The number of benzene rings is 1. The molecule has 6 heteroatoms. The zero-order chi connectivity index (χ0) is 18.4. The van der Waals surface area contributed by atoms with Gasteiger partial charge in [0, 0.05) is 35.3 Å². The number of hydrogen-bond acceptors (Lipinski definition) is 4. The molecule has 1 aliphatic rings. The number of aromatic nitrogens is 1. The van der Waals surface area contributed by atoms with Crippen LogP contribution >= 0.6 is 15.9 Å². The Kier molecular flexibility index (Phi) is 6.50. The van der Waals surface area contributed by atoms with Crippen LogP contribution in [0.2, 0.25) is 0 Å². The van der Waals surface area contributed by atoms with Crippen molar-refractivity contribution in [3.05, 3.63) is 52.6 Å². The Hall–Kier alpha value is -2.08. The van der Waals surface area contributed by atoms with Crippen molar-refractivity contribution in [2.24, 2.45) is 0 Å². The van der Waals surface area contributed by atoms with E-state index in [4.69, 9.17) is 9.47 Å². The highest BCUT2D eigenvalue weighted by Gasteiger charge is 2.28. The predicted molar refractivity (Wildman–Crippen MR) is 104 cm³/mol. The van der Waals surface area contributed by atoms with Gasteiger partial charge in [-0.25, -0.2) is 4.98 Å². The normalized spacial score (nSPS) is 16.5. The minimum absolute atomic E-state index is 0.0238. The first-order valence-corrected chi connectivity index (χ1v) is 9.75. The number of nitrogens with zero attached hydrogens (tertiary/aromatic N) is 2. The van der Waals surface area contributed by atoms with E-state index in [1.165, 1.54) is 0 Å². The highest BCUT2D eigenvalue weighted by atomic mass is 79.9. The zero-order valence-corrected chi connectivity index (χ0v) is 16.4. The second kappa shape index (κ2) is 9.03. The van der Waals surface area contributed by atoms with Crippen LogP contribution in [0.1, 0.15) is 36.5 Å². The fourth-order valence-corrected chi connectivity index (χ4v) is 3.06. The fourth-order valence-electron chi connectivity index (χ4n) is 2.82. The quantitative estimate of drug-likeness (QED) is 0.628. The molecule has 0 spiro atoms. The van der Waals surface area contributed by atoms with Gasteiger partial charge in [-0.3, -0.25) is 4.79 Å². The van der Waals surface area contributed by atoms with Crippen molar-refractivity contribution in [2.45, 2.75) is 32.3 Å². The van der Waals surface area contributed by atoms with Crippen molar-refractivity contribution in [3.63, 3.8) is 0 Å². The molecule has 1 saturated heterocycles. The Morgan fingerprint density at radius 2 is 2.08 bits per heavy atom. The Bertz CT molecular complexity index is 719. The first-order valence-electron chi connectivity index (χ1n) is 8.96. The van der Waals surface area contributed by atoms with E-state index in [9.17, 15) is 4.79 Å². The maximum absolute atomic E-state index is 12.7. The van der Waals surface area contributed by atoms with E-state index in [2.05, 4.69) is 27.8 Å². The van der Waals surface area contributed by atoms with Crippen LogP contribution in [0.3, 0.4) is 0 Å². The highest BCUT2D eigenvalue weighted by molar-refractivity contribution is 9.10. The lowest BCUT2D eigenvalue weighted by molar-refractivity contribution is 0.0771. The van der Waals surface area contributed by atoms with Crippen molar-refractivity contribution in [2.75, 3.05) is 19.7 Å². The molecule has 26 heavy (non-hydrogen) atoms. The van der Waals surface area contributed by atoms with E-state index in [0.29, 0.717) is 31.1 Å². The van der Waals surface area contributed by atoms with E-state index in [1.54, 1.807) is 6.20 Å². The monoisotopic (exact) mass is 418 g/mol. The van der Waals surface area contributed by atoms with Gasteiger partial charge in [-0.2, -0.15) is 0 Å². The van der Waals surface area contributed by atoms with Gasteiger partial charge in [0.05, 0.1) is 13.2 Å². The van der Waals surface area contributed by atoms with E-state index >= 15 is 0 Å². The lowest BCUT2D eigenvalue weighted by Gasteiger charge is -2.17. The van der Waals surface area contributed by atoms with Crippen LogP contribution in [0, 0.1) is 0 Å². The minimum Gasteiger partial charge on any atom is -0.494 e. The zero-order valence-electron chi connectivity index (χ0n) is 14.9. The summed E-state index contributed by atoms with van der Waals surface area (Å²) in [6, 6.07) is 11.1. The minimum atomic E-state index is -0.0238. The van der Waals surface area contributed by atoms with Crippen LogP contribution in [0.25, 0.3) is 0 Å². The largest absolute Gasteiger partial charge is 0.494 e. The molecule has 2 aromatic rings. The molecule has 1 atom stereocenters. The first-order chi connectivity index (χ1) is 12.7. The Labute approximate surface area is 162 Å². The predicted octanol–water partition coefficient (Wildman–Crippen LogP) is 4.32. The molecule has 138 valence electrons. The summed E-state index contributed by atoms with van der Waals surface area (Å²) in [7, 11) is 0. The van der Waals surface area contributed by atoms with E-state index in [0.717, 1.165) is 29.5 Å². The SMILES string of the molecule is CCCCOc1ccc(C(=O)N2CCC(Oc3ccc(Br)cn3)C2)cc1. The summed E-state index contributed by atoms with van der Waals surface area (Å²) in [4.78, 5) is 18.7. The smallest absolute Gasteiger partial charge is 0.253 e. The molecular formula is C20H23BrN2O3. The van der Waals surface area contributed by atoms with Crippen molar-refractivity contribution in [1.82, 2.24) is 9.88 Å². The van der Waals surface area contributed by atoms with Gasteiger partial charge in [0.2, 0.25) is 5.88 Å². The van der Waals surface area contributed by atoms with Gasteiger partial charge in [0.15, 0.2) is 0 Å². The molecule has 1 amide bonds. The molecular weight excluding hydrogens is 396 g/mol. The molecule has 0 bridgehead atoms. The summed E-state index contributed by atoms with van der Waals surface area (Å²) in [6.07, 6.45) is 4.62. The molecule has 1 aliphatic heterocycles. The molecule has 0 saturated carbocycles. The third-order valence-electron chi connectivity index (χ3n) is 4.29. The Morgan fingerprint density at radius 3 is 2.77 bits per heavy atom. The second-order valence-electron chi connectivity index (χ2n) is 6.32. The summed E-state index contributed by atoms with van der Waals surface area (Å²) in [5, 5.41) is 0. The topological polar surface area (TPSA) is 51.7 Å². The molecule has 0 radical (unpaired) electrons. The molecule has 1 aromatic carbocycles. The lowest BCUT2D eigenvalue weighted by Crippen LogP contribution is -2.31. The number of halogens is 1. The maximum Gasteiger partial charge on any atom is 0.253 e. The molecule has 1 aromatic heterocycles. The van der Waals surface area contributed by atoms with Gasteiger partial charge in [-0.15, -0.1) is 0 Å². The average molecular weight is 419 g/mol. The average Bonchev–Trinajstić information content (AvgIpc) is 3.12. The summed E-state index contributed by atoms with van der Waals surface area (Å²) >= 11 is 3.36. The molecule has 5 nitrogen and oxygen atoms in total. The first kappa shape index (κ1) is 18.7. The molecule has 1 fully saturated rings. The third-order valence-corrected chi connectivity index (χ3v) is 4.76. The van der Waals surface area contributed by atoms with Crippen LogP contribution < -0.4 is 9.47 Å². The van der Waals surface area contributed by atoms with Crippen molar-refractivity contribution in [3.8, 4) is 11.6 Å². The Morgan fingerprint density at radius 1 is 1.27 bits per heavy atom. The van der Waals surface area contributed by atoms with Gasteiger partial charge in [-0.1, -0.05) is 13.3 Å². The number of ether oxygens (including phenoxy) is 2. The molecule has 1 unspecified atom stereocenters. The Balaban J connectivity index is 1.53. The van der Waals surface area contributed by atoms with Crippen LogP contribution in [0.5, 0.6) is 11.6 Å². The standard InChI is InChI=1S/C20H23BrN2O3/c1-2-3-12-25-17-7-4-15(5-8-17)20(24)23-11-10-18(14-23)26-19-9-6-16(21)13-22-19/h4-9,13,18H,2-3,10-12,14H2,1H3. The van der Waals surface area contributed by atoms with E-state index in [-0.39, 0.29) is 12.0 Å². The molecule has 3 rings (SSSR count). The number of unbranched alkanes of at least 4 members (excludes halogenated alkanes) is 1. The molecule has 0 N–H and O–H groups in total. The van der Waals surface area contributed by atoms with Gasteiger partial charge >= 0.3 is 0 Å². The fraction of sp³-hybridized carbons (Fsp3) is 0.400. The molecule has 2 heterocycles. The highest BCUT2D eigenvalue weighted by Crippen LogP contribution is 2.21. The van der Waals surface area contributed by atoms with E-state index < -0.39 is 0 Å². The van der Waals surface area contributed by atoms with Crippen LogP contribution in [-0.4, -0.2) is 41.6 Å².